The van der Waals surface area contributed by atoms with E-state index in [1.807, 2.05) is 5.38 Å². The van der Waals surface area contributed by atoms with E-state index in [2.05, 4.69) is 20.5 Å². The molecule has 1 aromatic heterocycles. The Morgan fingerprint density at radius 3 is 3.33 bits per heavy atom. The van der Waals surface area contributed by atoms with E-state index in [0.29, 0.717) is 13.2 Å². The number of nitrogens with one attached hydrogen (secondary N) is 2. The minimum Gasteiger partial charge on any atom is -0.383 e. The van der Waals surface area contributed by atoms with Gasteiger partial charge in [0.15, 0.2) is 5.13 Å². The van der Waals surface area contributed by atoms with Gasteiger partial charge in [-0.2, -0.15) is 0 Å². The van der Waals surface area contributed by atoms with Crippen molar-refractivity contribution >= 4 is 22.5 Å². The molecule has 0 aliphatic carbocycles. The van der Waals surface area contributed by atoms with Crippen molar-refractivity contribution in [2.45, 2.75) is 12.5 Å². The molecule has 1 aliphatic rings. The number of aromatic nitrogens is 1. The van der Waals surface area contributed by atoms with E-state index in [-0.39, 0.29) is 12.1 Å². The van der Waals surface area contributed by atoms with Crippen LogP contribution in [0.4, 0.5) is 9.93 Å². The standard InChI is InChI=1S/C11H18N4O2S/c1-17-6-3-12-10(16)14-9-2-5-15(8-9)11-13-4-7-18-11/h4,7,9H,2-3,5-6,8H2,1H3,(H2,12,14,16)/t9-/m1/s1. The van der Waals surface area contributed by atoms with Crippen LogP contribution in [0.25, 0.3) is 0 Å². The lowest BCUT2D eigenvalue weighted by atomic mass is 10.3. The first-order chi connectivity index (χ1) is 8.79. The van der Waals surface area contributed by atoms with E-state index in [9.17, 15) is 4.79 Å². The summed E-state index contributed by atoms with van der Waals surface area (Å²) in [6.45, 7) is 2.83. The van der Waals surface area contributed by atoms with Crippen LogP contribution in [0, 0.1) is 0 Å². The zero-order valence-electron chi connectivity index (χ0n) is 10.4. The SMILES string of the molecule is COCCNC(=O)N[C@@H]1CCN(c2nccs2)C1. The first kappa shape index (κ1) is 13.1. The number of hydrogen-bond donors (Lipinski definition) is 2. The highest BCUT2D eigenvalue weighted by Crippen LogP contribution is 2.22. The van der Waals surface area contributed by atoms with Crippen molar-refractivity contribution in [3.8, 4) is 0 Å². The van der Waals surface area contributed by atoms with Crippen LogP contribution in [0.2, 0.25) is 0 Å². The molecule has 1 aromatic rings. The van der Waals surface area contributed by atoms with Gasteiger partial charge in [0.2, 0.25) is 0 Å². The Labute approximate surface area is 110 Å². The molecule has 0 bridgehead atoms. The molecule has 1 atom stereocenters. The molecular formula is C11H18N4O2S. The van der Waals surface area contributed by atoms with Crippen LogP contribution in [0.3, 0.4) is 0 Å². The third kappa shape index (κ3) is 3.58. The summed E-state index contributed by atoms with van der Waals surface area (Å²) in [4.78, 5) is 18.0. The maximum atomic E-state index is 11.6. The van der Waals surface area contributed by atoms with E-state index >= 15 is 0 Å². The fraction of sp³-hybridized carbons (Fsp3) is 0.636. The Kier molecular flexibility index (Phi) is 4.77. The van der Waals surface area contributed by atoms with Crippen LogP contribution in [-0.2, 0) is 4.74 Å². The number of urea groups is 1. The smallest absolute Gasteiger partial charge is 0.315 e. The summed E-state index contributed by atoms with van der Waals surface area (Å²) >= 11 is 1.63. The molecule has 7 heteroatoms. The minimum absolute atomic E-state index is 0.127. The predicted octanol–water partition coefficient (Wildman–Crippen LogP) is 0.667. The maximum absolute atomic E-state index is 11.6. The minimum atomic E-state index is -0.127. The normalized spacial score (nSPS) is 18.9. The van der Waals surface area contributed by atoms with Gasteiger partial charge in [0.1, 0.15) is 0 Å². The van der Waals surface area contributed by atoms with Crippen LogP contribution in [0.15, 0.2) is 11.6 Å². The lowest BCUT2D eigenvalue weighted by Crippen LogP contribution is -2.44. The number of hydrogen-bond acceptors (Lipinski definition) is 5. The number of ether oxygens (including phenoxy) is 1. The Bertz CT molecular complexity index is 371. The summed E-state index contributed by atoms with van der Waals surface area (Å²) in [6.07, 6.45) is 2.76. The van der Waals surface area contributed by atoms with Crippen molar-refractivity contribution in [2.24, 2.45) is 0 Å². The van der Waals surface area contributed by atoms with Gasteiger partial charge in [0.05, 0.1) is 6.61 Å². The highest BCUT2D eigenvalue weighted by Gasteiger charge is 2.25. The molecular weight excluding hydrogens is 252 g/mol. The average molecular weight is 270 g/mol. The molecule has 0 unspecified atom stereocenters. The highest BCUT2D eigenvalue weighted by atomic mass is 32.1. The maximum Gasteiger partial charge on any atom is 0.315 e. The van der Waals surface area contributed by atoms with Gasteiger partial charge in [-0.05, 0) is 6.42 Å². The second-order valence-electron chi connectivity index (χ2n) is 4.14. The van der Waals surface area contributed by atoms with Crippen LogP contribution in [-0.4, -0.2) is 50.4 Å². The van der Waals surface area contributed by atoms with Crippen molar-refractivity contribution in [1.29, 1.82) is 0 Å². The molecule has 0 saturated carbocycles. The zero-order chi connectivity index (χ0) is 12.8. The number of anilines is 1. The topological polar surface area (TPSA) is 66.5 Å². The molecule has 0 spiro atoms. The summed E-state index contributed by atoms with van der Waals surface area (Å²) < 4.78 is 4.87. The lowest BCUT2D eigenvalue weighted by molar-refractivity contribution is 0.195. The number of thiazole rings is 1. The van der Waals surface area contributed by atoms with E-state index in [1.54, 1.807) is 24.6 Å². The summed E-state index contributed by atoms with van der Waals surface area (Å²) in [7, 11) is 1.61. The first-order valence-electron chi connectivity index (χ1n) is 5.97. The molecule has 0 radical (unpaired) electrons. The number of methoxy groups -OCH3 is 1. The number of carbonyl (C=O) groups is 1. The van der Waals surface area contributed by atoms with Gasteiger partial charge < -0.3 is 20.3 Å². The molecule has 100 valence electrons. The zero-order valence-corrected chi connectivity index (χ0v) is 11.2. The van der Waals surface area contributed by atoms with Gasteiger partial charge in [-0.15, -0.1) is 11.3 Å². The van der Waals surface area contributed by atoms with Gasteiger partial charge in [-0.25, -0.2) is 9.78 Å². The van der Waals surface area contributed by atoms with E-state index < -0.39 is 0 Å². The summed E-state index contributed by atoms with van der Waals surface area (Å²) in [5, 5.41) is 8.71. The molecule has 18 heavy (non-hydrogen) atoms. The van der Waals surface area contributed by atoms with Crippen molar-refractivity contribution in [2.75, 3.05) is 38.3 Å². The largest absolute Gasteiger partial charge is 0.383 e. The third-order valence-corrected chi connectivity index (χ3v) is 3.64. The van der Waals surface area contributed by atoms with Gasteiger partial charge in [-0.3, -0.25) is 0 Å². The van der Waals surface area contributed by atoms with Crippen molar-refractivity contribution in [3.05, 3.63) is 11.6 Å². The molecule has 1 fully saturated rings. The van der Waals surface area contributed by atoms with Gasteiger partial charge in [-0.1, -0.05) is 0 Å². The van der Waals surface area contributed by atoms with E-state index in [4.69, 9.17) is 4.74 Å². The van der Waals surface area contributed by atoms with Crippen LogP contribution in [0.1, 0.15) is 6.42 Å². The van der Waals surface area contributed by atoms with Crippen molar-refractivity contribution in [1.82, 2.24) is 15.6 Å². The lowest BCUT2D eigenvalue weighted by Gasteiger charge is -2.16. The van der Waals surface area contributed by atoms with Gasteiger partial charge >= 0.3 is 6.03 Å². The predicted molar refractivity (Wildman–Crippen MR) is 71.1 cm³/mol. The number of nitrogens with zero attached hydrogens (tertiary/aromatic N) is 2. The molecule has 2 amide bonds. The average Bonchev–Trinajstić information content (AvgIpc) is 2.98. The van der Waals surface area contributed by atoms with E-state index in [1.165, 1.54) is 0 Å². The monoisotopic (exact) mass is 270 g/mol. The second-order valence-corrected chi connectivity index (χ2v) is 5.01. The molecule has 2 N–H and O–H groups in total. The Morgan fingerprint density at radius 1 is 1.72 bits per heavy atom. The van der Waals surface area contributed by atoms with Gasteiger partial charge in [0, 0.05) is 44.4 Å². The summed E-state index contributed by atoms with van der Waals surface area (Å²) in [5.41, 5.74) is 0. The Morgan fingerprint density at radius 2 is 2.61 bits per heavy atom. The Balaban J connectivity index is 1.71. The molecule has 2 rings (SSSR count). The van der Waals surface area contributed by atoms with Gasteiger partial charge in [0.25, 0.3) is 0 Å². The number of amides is 2. The second kappa shape index (κ2) is 6.55. The first-order valence-corrected chi connectivity index (χ1v) is 6.85. The Hall–Kier alpha value is -1.34. The molecule has 6 nitrogen and oxygen atoms in total. The molecule has 0 aromatic carbocycles. The van der Waals surface area contributed by atoms with Crippen LogP contribution < -0.4 is 15.5 Å². The fourth-order valence-corrected chi connectivity index (χ4v) is 2.61. The molecule has 1 aliphatic heterocycles. The number of rotatable bonds is 5. The quantitative estimate of drug-likeness (QED) is 0.772. The summed E-state index contributed by atoms with van der Waals surface area (Å²) in [6, 6.07) is 0.0643. The summed E-state index contributed by atoms with van der Waals surface area (Å²) in [5.74, 6) is 0. The number of carbonyl (C=O) groups excluding carboxylic acids is 1. The van der Waals surface area contributed by atoms with Crippen molar-refractivity contribution < 1.29 is 9.53 Å². The third-order valence-electron chi connectivity index (χ3n) is 2.81. The molecule has 2 heterocycles. The van der Waals surface area contributed by atoms with E-state index in [0.717, 1.165) is 24.6 Å². The van der Waals surface area contributed by atoms with Crippen LogP contribution >= 0.6 is 11.3 Å². The fourth-order valence-electron chi connectivity index (χ4n) is 1.93. The van der Waals surface area contributed by atoms with Crippen molar-refractivity contribution in [3.63, 3.8) is 0 Å². The van der Waals surface area contributed by atoms with Crippen LogP contribution in [0.5, 0.6) is 0 Å². The highest BCUT2D eigenvalue weighted by molar-refractivity contribution is 7.13. The molecule has 1 saturated heterocycles.